The molecule has 5 aliphatic rings. The number of hydrogen-bond donors (Lipinski definition) is 1. The van der Waals surface area contributed by atoms with Crippen LogP contribution in [0.15, 0.2) is 202 Å². The molecule has 5 aliphatic heterocycles. The van der Waals surface area contributed by atoms with Gasteiger partial charge in [-0.1, -0.05) is 47.0 Å². The molecule has 0 spiro atoms. The monoisotopic (exact) mass is 1540 g/mol. The normalized spacial score (nSPS) is 17.2. The molecule has 0 saturated carbocycles. The minimum absolute atomic E-state index is 0.145. The van der Waals surface area contributed by atoms with Crippen molar-refractivity contribution >= 4 is 95.2 Å². The smallest absolute Gasteiger partial charge is 0.266 e. The molecule has 5 fully saturated rings. The first-order chi connectivity index (χ1) is 54.7. The van der Waals surface area contributed by atoms with E-state index in [2.05, 4.69) is 105 Å². The molecule has 28 heteroatoms. The highest BCUT2D eigenvalue weighted by atomic mass is 35.5. The van der Waals surface area contributed by atoms with Crippen molar-refractivity contribution in [3.63, 3.8) is 0 Å². The Bertz CT molecular complexity index is 5400. The third kappa shape index (κ3) is 16.3. The number of fused-ring (bicyclic) bond motifs is 5. The number of aliphatic hydroxyl groups is 1. The molecule has 0 radical (unpaired) electrons. The standard InChI is InChI=1S/C18H20N4O.2C17H18N4O.C16H13ClF2N4.C16H15ClN4O/c1-13-3-5-14(6-4-13)22-17-11-19-9-7-16(17)18(20-22)21-10-8-15(12-21)23-2;1-12-2-3-14(10-19-12)21-16-11-18-7-4-15(16)17(20-21)13-5-8-22-9-6-13;1-12-2-3-16(19-10-12)21-15-11-18-7-4-14(15)17(20-21)13-5-8-22-9-6-13;17-11-1-3-12(4-2-11)23-14-9-20-7-5-13(14)15(21-23)22-8-6-16(18,19)10-22;17-11-1-3-12(4-2-11)21-15-9-18-7-5-14(15)16(19-21)20-8-6-13(22)10-20/h3-7,9,11,15H,8,10,12H2,1-2H3;2*2-4,7,10-11,13H,5-6,8-9H2,1H3;1-5,7,9H,6,8,10H2;1-5,7,9,13,22H,6,8,10H2. The van der Waals surface area contributed by atoms with Crippen LogP contribution in [0.3, 0.4) is 0 Å². The number of nitrogens with zero attached hydrogens (tertiary/aromatic N) is 20. The van der Waals surface area contributed by atoms with Gasteiger partial charge >= 0.3 is 0 Å². The average molecular weight is 1550 g/mol. The topological polar surface area (TPSA) is 237 Å². The number of hydrogen-bond acceptors (Lipinski definition) is 19. The van der Waals surface area contributed by atoms with Gasteiger partial charge in [-0.3, -0.25) is 29.9 Å². The molecule has 2 atom stereocenters. The van der Waals surface area contributed by atoms with Crippen LogP contribution in [-0.2, 0) is 14.2 Å². The van der Waals surface area contributed by atoms with E-state index in [1.165, 1.54) is 16.3 Å². The van der Waals surface area contributed by atoms with E-state index in [1.54, 1.807) is 53.5 Å². The average Bonchev–Trinajstić information content (AvgIpc) is 1.63. The van der Waals surface area contributed by atoms with E-state index >= 15 is 0 Å². The van der Waals surface area contributed by atoms with Gasteiger partial charge in [-0.05, 0) is 174 Å². The van der Waals surface area contributed by atoms with Crippen molar-refractivity contribution in [2.75, 3.05) is 87.5 Å². The van der Waals surface area contributed by atoms with Crippen molar-refractivity contribution in [1.82, 2.24) is 83.8 Å². The second kappa shape index (κ2) is 33.4. The quantitative estimate of drug-likeness (QED) is 0.127. The van der Waals surface area contributed by atoms with Gasteiger partial charge in [0.25, 0.3) is 5.92 Å². The van der Waals surface area contributed by atoms with Crippen LogP contribution >= 0.6 is 23.2 Å². The lowest BCUT2D eigenvalue weighted by molar-refractivity contribution is 0.0256. The summed E-state index contributed by atoms with van der Waals surface area (Å²) >= 11 is 11.9. The first-order valence-corrected chi connectivity index (χ1v) is 38.5. The Kier molecular flexibility index (Phi) is 22.3. The van der Waals surface area contributed by atoms with Gasteiger partial charge in [0.15, 0.2) is 23.3 Å². The molecule has 572 valence electrons. The van der Waals surface area contributed by atoms with E-state index in [1.807, 2.05) is 149 Å². The number of alkyl halides is 2. The second-order valence-corrected chi connectivity index (χ2v) is 29.6. The molecule has 0 amide bonds. The first-order valence-electron chi connectivity index (χ1n) is 37.7. The molecule has 2 unspecified atom stereocenters. The Morgan fingerprint density at radius 3 is 1.27 bits per heavy atom. The predicted molar refractivity (Wildman–Crippen MR) is 432 cm³/mol. The number of rotatable bonds is 11. The van der Waals surface area contributed by atoms with Gasteiger partial charge < -0.3 is 34.0 Å². The number of ether oxygens (including phenoxy) is 3. The zero-order valence-corrected chi connectivity index (χ0v) is 64.0. The van der Waals surface area contributed by atoms with Crippen molar-refractivity contribution in [2.45, 2.75) is 95.7 Å². The Morgan fingerprint density at radius 2 is 0.839 bits per heavy atom. The summed E-state index contributed by atoms with van der Waals surface area (Å²) in [6, 6.07) is 41.2. The maximum absolute atomic E-state index is 13.6. The van der Waals surface area contributed by atoms with Gasteiger partial charge in [0.05, 0.1) is 118 Å². The van der Waals surface area contributed by atoms with Crippen LogP contribution in [0.4, 0.5) is 26.2 Å². The van der Waals surface area contributed by atoms with Gasteiger partial charge in [-0.2, -0.15) is 10.2 Å². The molecule has 0 aliphatic carbocycles. The van der Waals surface area contributed by atoms with Gasteiger partial charge in [-0.25, -0.2) is 37.2 Å². The largest absolute Gasteiger partial charge is 0.391 e. The van der Waals surface area contributed by atoms with Gasteiger partial charge in [0.1, 0.15) is 0 Å². The molecule has 24 nitrogen and oxygen atoms in total. The third-order valence-corrected chi connectivity index (χ3v) is 21.5. The maximum atomic E-state index is 13.6. The number of pyridine rings is 7. The number of aryl methyl sites for hydroxylation is 3. The lowest BCUT2D eigenvalue weighted by Crippen LogP contribution is -2.25. The summed E-state index contributed by atoms with van der Waals surface area (Å²) in [5, 5.41) is 40.4. The van der Waals surface area contributed by atoms with Gasteiger partial charge in [0.2, 0.25) is 0 Å². The van der Waals surface area contributed by atoms with Crippen LogP contribution in [-0.4, -0.2) is 180 Å². The minimum atomic E-state index is -2.66. The van der Waals surface area contributed by atoms with Crippen molar-refractivity contribution in [1.29, 1.82) is 0 Å². The van der Waals surface area contributed by atoms with Crippen molar-refractivity contribution in [3.8, 4) is 28.6 Å². The van der Waals surface area contributed by atoms with E-state index in [9.17, 15) is 13.9 Å². The van der Waals surface area contributed by atoms with Crippen LogP contribution in [0, 0.1) is 20.8 Å². The van der Waals surface area contributed by atoms with E-state index in [0.29, 0.717) is 40.8 Å². The summed E-state index contributed by atoms with van der Waals surface area (Å²) in [5.41, 5.74) is 14.3. The van der Waals surface area contributed by atoms with Gasteiger partial charge in [-0.15, -0.1) is 15.3 Å². The first kappa shape index (κ1) is 74.8. The molecular formula is C84H84Cl2F2N20O4. The predicted octanol–water partition coefficient (Wildman–Crippen LogP) is 15.6. The fourth-order valence-corrected chi connectivity index (χ4v) is 15.3. The Labute approximate surface area is 655 Å². The number of aliphatic hydroxyl groups excluding tert-OH is 1. The van der Waals surface area contributed by atoms with Gasteiger partial charge in [0, 0.05) is 164 Å². The maximum Gasteiger partial charge on any atom is 0.266 e. The summed E-state index contributed by atoms with van der Waals surface area (Å²) in [6.07, 6.45) is 27.6. The van der Waals surface area contributed by atoms with E-state index in [4.69, 9.17) is 57.8 Å². The molecular weight excluding hydrogens is 1460 g/mol. The summed E-state index contributed by atoms with van der Waals surface area (Å²) in [6.45, 7) is 12.7. The molecule has 12 aromatic heterocycles. The molecule has 112 heavy (non-hydrogen) atoms. The highest BCUT2D eigenvalue weighted by Crippen LogP contribution is 2.39. The van der Waals surface area contributed by atoms with Crippen molar-refractivity contribution in [2.24, 2.45) is 0 Å². The summed E-state index contributed by atoms with van der Waals surface area (Å²) < 4.78 is 53.0. The Morgan fingerprint density at radius 1 is 0.420 bits per heavy atom. The zero-order valence-electron chi connectivity index (χ0n) is 62.5. The van der Waals surface area contributed by atoms with Crippen LogP contribution in [0.5, 0.6) is 0 Å². The number of halogens is 4. The lowest BCUT2D eigenvalue weighted by atomic mass is 9.95. The number of aromatic nitrogens is 17. The molecule has 1 N–H and O–H groups in total. The minimum Gasteiger partial charge on any atom is -0.391 e. The van der Waals surface area contributed by atoms with E-state index in [0.717, 1.165) is 191 Å². The van der Waals surface area contributed by atoms with Crippen molar-refractivity contribution < 1.29 is 28.1 Å². The molecule has 17 heterocycles. The second-order valence-electron chi connectivity index (χ2n) is 28.7. The summed E-state index contributed by atoms with van der Waals surface area (Å²) in [5.74, 6) is 1.55. The number of β-amino-alcohol motifs (C(OH)–C–C–N with tert-alkyl or cyclic N) is 1. The SMILES string of the molecule is COC1CCN(c2nn(-c3ccc(C)cc3)c3cnccc23)C1.Cc1ccc(-n2nc(C3CCOCC3)c3ccncc32)cn1.Cc1ccc(-n2nc(C3CCOCC3)c3ccncc32)nc1.FC1(F)CCN(c2nn(-c3ccc(Cl)cc3)c3cnccc23)C1.OC1CCN(c2nn(-c3ccc(Cl)cc3)c3cnccc23)C1. The Hall–Kier alpha value is -11.3. The number of anilines is 3. The van der Waals surface area contributed by atoms with Crippen LogP contribution in [0.25, 0.3) is 83.1 Å². The fraction of sp³-hybridized carbons (Fsp3) is 0.310. The molecule has 3 aromatic carbocycles. The summed E-state index contributed by atoms with van der Waals surface area (Å²) in [7, 11) is 1.78. The highest BCUT2D eigenvalue weighted by Gasteiger charge is 2.40. The van der Waals surface area contributed by atoms with E-state index < -0.39 is 5.92 Å². The molecule has 15 aromatic rings. The molecule has 5 saturated heterocycles. The van der Waals surface area contributed by atoms with Crippen LogP contribution in [0.1, 0.15) is 85.0 Å². The molecule has 0 bridgehead atoms. The zero-order chi connectivity index (χ0) is 76.8. The highest BCUT2D eigenvalue weighted by molar-refractivity contribution is 6.31. The van der Waals surface area contributed by atoms with Crippen LogP contribution < -0.4 is 14.7 Å². The summed E-state index contributed by atoms with van der Waals surface area (Å²) in [4.78, 5) is 36.1. The Balaban J connectivity index is 0.000000106. The molecule has 20 rings (SSSR count). The fourth-order valence-electron chi connectivity index (χ4n) is 15.0. The van der Waals surface area contributed by atoms with E-state index in [-0.39, 0.29) is 25.2 Å². The third-order valence-electron chi connectivity index (χ3n) is 21.0. The number of benzene rings is 3. The van der Waals surface area contributed by atoms with Crippen LogP contribution in [0.2, 0.25) is 10.0 Å². The lowest BCUT2D eigenvalue weighted by Gasteiger charge is -2.20. The number of methoxy groups -OCH3 is 1. The van der Waals surface area contributed by atoms with Crippen molar-refractivity contribution in [3.05, 3.63) is 240 Å².